The van der Waals surface area contributed by atoms with Crippen LogP contribution in [-0.4, -0.2) is 9.97 Å². The fourth-order valence-corrected chi connectivity index (χ4v) is 10.5. The Bertz CT molecular complexity index is 3550. The fourth-order valence-electron chi connectivity index (χ4n) is 10.5. The number of hydrogen-bond donors (Lipinski definition) is 0. The van der Waals surface area contributed by atoms with Crippen LogP contribution in [0.5, 0.6) is 0 Å². The fraction of sp³-hybridized carbons (Fsp3) is 0.0169. The molecule has 0 radical (unpaired) electrons. The van der Waals surface area contributed by atoms with Gasteiger partial charge < -0.3 is 4.42 Å². The van der Waals surface area contributed by atoms with Crippen molar-refractivity contribution in [3.05, 3.63) is 241 Å². The number of para-hydroxylation sites is 2. The van der Waals surface area contributed by atoms with Crippen LogP contribution in [0.15, 0.2) is 223 Å². The molecule has 9 aromatic carbocycles. The summed E-state index contributed by atoms with van der Waals surface area (Å²) in [5.41, 5.74) is 20.4. The standard InChI is InChI=1S/C59H36N2O/c1-2-16-37(17-3-1)38-18-14-19-39(34-38)54-36-55(48-27-15-26-47-46-25-9-13-31-56(46)62-57(47)48)61-58(60-54)40-32-33-53-49(35-40)42-21-5-4-20-41(42)43-22-6-10-28-50(43)59(53)51-29-11-7-23-44(51)45-24-8-12-30-52(45)59/h1-36H. The van der Waals surface area contributed by atoms with Crippen molar-refractivity contribution in [1.29, 1.82) is 0 Å². The van der Waals surface area contributed by atoms with E-state index in [1.165, 1.54) is 55.6 Å². The number of hydrogen-bond acceptors (Lipinski definition) is 3. The van der Waals surface area contributed by atoms with Crippen LogP contribution >= 0.6 is 0 Å². The van der Waals surface area contributed by atoms with Crippen LogP contribution in [0.2, 0.25) is 0 Å². The van der Waals surface area contributed by atoms with Gasteiger partial charge in [0, 0.05) is 27.5 Å². The molecule has 3 nitrogen and oxygen atoms in total. The van der Waals surface area contributed by atoms with E-state index in [0.717, 1.165) is 61.1 Å². The first kappa shape index (κ1) is 34.7. The van der Waals surface area contributed by atoms with E-state index in [2.05, 4.69) is 206 Å². The number of rotatable bonds is 4. The number of furan rings is 1. The summed E-state index contributed by atoms with van der Waals surface area (Å²) in [5, 5.41) is 2.15. The highest BCUT2D eigenvalue weighted by molar-refractivity contribution is 6.09. The zero-order chi connectivity index (χ0) is 40.8. The second kappa shape index (κ2) is 13.4. The van der Waals surface area contributed by atoms with E-state index in [9.17, 15) is 0 Å². The molecule has 0 unspecified atom stereocenters. The SMILES string of the molecule is c1ccc(-c2cccc(-c3cc(-c4cccc5c4oc4ccccc45)nc(-c4ccc5c(c4)-c4ccccc4-c4ccccc4C54c5ccccc5-c5ccccc54)n3)c2)cc1. The Morgan fingerprint density at radius 3 is 1.56 bits per heavy atom. The maximum atomic E-state index is 6.61. The molecule has 0 fully saturated rings. The Labute approximate surface area is 359 Å². The van der Waals surface area contributed by atoms with Gasteiger partial charge in [-0.2, -0.15) is 0 Å². The van der Waals surface area contributed by atoms with Crippen molar-refractivity contribution in [3.63, 3.8) is 0 Å². The summed E-state index contributed by atoms with van der Waals surface area (Å²) in [4.78, 5) is 10.9. The van der Waals surface area contributed by atoms with E-state index in [4.69, 9.17) is 14.4 Å². The van der Waals surface area contributed by atoms with Gasteiger partial charge in [0.2, 0.25) is 0 Å². The number of aromatic nitrogens is 2. The summed E-state index contributed by atoms with van der Waals surface area (Å²) in [6, 6.07) is 78.7. The number of nitrogens with zero attached hydrogens (tertiary/aromatic N) is 2. The molecule has 13 rings (SSSR count). The molecule has 1 spiro atoms. The molecular weight excluding hydrogens is 753 g/mol. The Morgan fingerprint density at radius 2 is 0.823 bits per heavy atom. The summed E-state index contributed by atoms with van der Waals surface area (Å²) >= 11 is 0. The normalized spacial score (nSPS) is 13.0. The molecule has 3 heteroatoms. The van der Waals surface area contributed by atoms with Gasteiger partial charge in [0.05, 0.1) is 16.8 Å². The van der Waals surface area contributed by atoms with Gasteiger partial charge in [-0.05, 0) is 97.1 Å². The van der Waals surface area contributed by atoms with Crippen LogP contribution in [0, 0.1) is 0 Å². The molecule has 288 valence electrons. The lowest BCUT2D eigenvalue weighted by Gasteiger charge is -2.35. The quantitative estimate of drug-likeness (QED) is 0.178. The van der Waals surface area contributed by atoms with Crippen LogP contribution < -0.4 is 0 Å². The lowest BCUT2D eigenvalue weighted by molar-refractivity contribution is 0.670. The zero-order valence-electron chi connectivity index (χ0n) is 33.6. The largest absolute Gasteiger partial charge is 0.455 e. The van der Waals surface area contributed by atoms with E-state index < -0.39 is 5.41 Å². The van der Waals surface area contributed by atoms with Crippen molar-refractivity contribution < 1.29 is 4.42 Å². The Hall–Kier alpha value is -8.14. The van der Waals surface area contributed by atoms with Gasteiger partial charge in [0.25, 0.3) is 0 Å². The lowest BCUT2D eigenvalue weighted by Crippen LogP contribution is -2.29. The summed E-state index contributed by atoms with van der Waals surface area (Å²) < 4.78 is 6.61. The molecule has 0 amide bonds. The first-order valence-electron chi connectivity index (χ1n) is 21.2. The molecule has 0 atom stereocenters. The molecule has 0 bridgehead atoms. The van der Waals surface area contributed by atoms with E-state index in [0.29, 0.717) is 5.82 Å². The van der Waals surface area contributed by atoms with Crippen molar-refractivity contribution >= 4 is 21.9 Å². The highest BCUT2D eigenvalue weighted by atomic mass is 16.3. The molecular formula is C59H36N2O. The Morgan fingerprint density at radius 1 is 0.306 bits per heavy atom. The van der Waals surface area contributed by atoms with Crippen molar-refractivity contribution in [2.45, 2.75) is 5.41 Å². The monoisotopic (exact) mass is 788 g/mol. The minimum atomic E-state index is -0.556. The van der Waals surface area contributed by atoms with Crippen LogP contribution in [0.4, 0.5) is 0 Å². The third kappa shape index (κ3) is 5.00. The van der Waals surface area contributed by atoms with Gasteiger partial charge in [-0.25, -0.2) is 9.97 Å². The Balaban J connectivity index is 1.09. The summed E-state index contributed by atoms with van der Waals surface area (Å²) in [5.74, 6) is 0.652. The maximum Gasteiger partial charge on any atom is 0.160 e. The van der Waals surface area contributed by atoms with E-state index in [1.54, 1.807) is 0 Å². The predicted molar refractivity (Wildman–Crippen MR) is 253 cm³/mol. The third-order valence-corrected chi connectivity index (χ3v) is 13.1. The van der Waals surface area contributed by atoms with Crippen LogP contribution in [-0.2, 0) is 5.41 Å². The summed E-state index contributed by atoms with van der Waals surface area (Å²) in [7, 11) is 0. The van der Waals surface area contributed by atoms with Crippen LogP contribution in [0.25, 0.3) is 100 Å². The molecule has 0 N–H and O–H groups in total. The van der Waals surface area contributed by atoms with E-state index >= 15 is 0 Å². The van der Waals surface area contributed by atoms with E-state index in [-0.39, 0.29) is 0 Å². The van der Waals surface area contributed by atoms with Gasteiger partial charge in [0.15, 0.2) is 5.82 Å². The first-order chi connectivity index (χ1) is 30.7. The van der Waals surface area contributed by atoms with Crippen molar-refractivity contribution in [2.75, 3.05) is 0 Å². The molecule has 0 aliphatic heterocycles. The minimum absolute atomic E-state index is 0.556. The van der Waals surface area contributed by atoms with Gasteiger partial charge in [0.1, 0.15) is 11.2 Å². The second-order valence-electron chi connectivity index (χ2n) is 16.4. The first-order valence-corrected chi connectivity index (χ1v) is 21.2. The van der Waals surface area contributed by atoms with E-state index in [1.807, 2.05) is 12.1 Å². The van der Waals surface area contributed by atoms with Gasteiger partial charge in [-0.15, -0.1) is 0 Å². The van der Waals surface area contributed by atoms with Crippen molar-refractivity contribution in [1.82, 2.24) is 9.97 Å². The molecule has 62 heavy (non-hydrogen) atoms. The molecule has 0 saturated heterocycles. The topological polar surface area (TPSA) is 38.9 Å². The molecule has 2 aromatic heterocycles. The average molecular weight is 789 g/mol. The molecule has 2 aliphatic carbocycles. The summed E-state index contributed by atoms with van der Waals surface area (Å²) in [6.45, 7) is 0. The zero-order valence-corrected chi connectivity index (χ0v) is 33.6. The maximum absolute atomic E-state index is 6.61. The average Bonchev–Trinajstić information content (AvgIpc) is 3.85. The summed E-state index contributed by atoms with van der Waals surface area (Å²) in [6.07, 6.45) is 0. The van der Waals surface area contributed by atoms with Crippen LogP contribution in [0.1, 0.15) is 22.3 Å². The van der Waals surface area contributed by atoms with Crippen molar-refractivity contribution in [3.8, 4) is 78.4 Å². The molecule has 11 aromatic rings. The Kier molecular flexibility index (Phi) is 7.52. The molecule has 2 heterocycles. The lowest BCUT2D eigenvalue weighted by atomic mass is 9.66. The minimum Gasteiger partial charge on any atom is -0.455 e. The predicted octanol–water partition coefficient (Wildman–Crippen LogP) is 15.1. The third-order valence-electron chi connectivity index (χ3n) is 13.1. The van der Waals surface area contributed by atoms with Crippen LogP contribution in [0.3, 0.4) is 0 Å². The van der Waals surface area contributed by atoms with Crippen molar-refractivity contribution in [2.24, 2.45) is 0 Å². The second-order valence-corrected chi connectivity index (χ2v) is 16.4. The molecule has 2 aliphatic rings. The number of fused-ring (bicyclic) bond motifs is 15. The smallest absolute Gasteiger partial charge is 0.160 e. The highest BCUT2D eigenvalue weighted by Gasteiger charge is 2.49. The van der Waals surface area contributed by atoms with Gasteiger partial charge in [-0.3, -0.25) is 0 Å². The van der Waals surface area contributed by atoms with Gasteiger partial charge >= 0.3 is 0 Å². The number of benzene rings is 9. The van der Waals surface area contributed by atoms with Gasteiger partial charge in [-0.1, -0.05) is 188 Å². The molecule has 0 saturated carbocycles. The highest BCUT2D eigenvalue weighted by Crippen LogP contribution is 2.61.